The molecule has 2 amide bonds. The lowest BCUT2D eigenvalue weighted by molar-refractivity contribution is -0.130. The maximum atomic E-state index is 13.4. The molecule has 7 nitrogen and oxygen atoms in total. The van der Waals surface area contributed by atoms with Gasteiger partial charge in [0.05, 0.1) is 11.3 Å². The number of amides is 2. The molecule has 2 aliphatic rings. The number of likely N-dealkylation sites (tertiary alicyclic amines) is 1. The highest BCUT2D eigenvalue weighted by atomic mass is 16.2. The van der Waals surface area contributed by atoms with Crippen LogP contribution in [0.4, 0.5) is 5.69 Å². The Bertz CT molecular complexity index is 1000. The number of rotatable bonds is 5. The van der Waals surface area contributed by atoms with Crippen LogP contribution in [0.25, 0.3) is 0 Å². The van der Waals surface area contributed by atoms with E-state index in [4.69, 9.17) is 4.98 Å². The lowest BCUT2D eigenvalue weighted by atomic mass is 9.89. The first kappa shape index (κ1) is 24.2. The Morgan fingerprint density at radius 3 is 2.12 bits per heavy atom. The summed E-state index contributed by atoms with van der Waals surface area (Å²) in [6.07, 6.45) is 2.01. The van der Waals surface area contributed by atoms with Crippen LogP contribution in [0.5, 0.6) is 0 Å². The second-order valence-electron chi connectivity index (χ2n) is 9.79. The molecule has 3 heterocycles. The fourth-order valence-corrected chi connectivity index (χ4v) is 4.99. The zero-order valence-electron chi connectivity index (χ0n) is 21.0. The van der Waals surface area contributed by atoms with Crippen LogP contribution in [0.1, 0.15) is 53.0 Å². The van der Waals surface area contributed by atoms with Gasteiger partial charge in [0.15, 0.2) is 0 Å². The first-order valence-corrected chi connectivity index (χ1v) is 12.3. The summed E-state index contributed by atoms with van der Waals surface area (Å²) in [5.41, 5.74) is 5.19. The Balaban J connectivity index is 1.39. The predicted octanol–water partition coefficient (Wildman–Crippen LogP) is 3.14. The van der Waals surface area contributed by atoms with E-state index < -0.39 is 0 Å². The maximum Gasteiger partial charge on any atom is 0.255 e. The van der Waals surface area contributed by atoms with Gasteiger partial charge in [-0.1, -0.05) is 12.1 Å². The Kier molecular flexibility index (Phi) is 7.51. The van der Waals surface area contributed by atoms with E-state index >= 15 is 0 Å². The Morgan fingerprint density at radius 2 is 1.53 bits per heavy atom. The molecule has 4 rings (SSSR count). The van der Waals surface area contributed by atoms with Gasteiger partial charge in [0.1, 0.15) is 0 Å². The van der Waals surface area contributed by atoms with E-state index in [0.717, 1.165) is 49.4 Å². The zero-order valence-corrected chi connectivity index (χ0v) is 21.0. The van der Waals surface area contributed by atoms with Crippen molar-refractivity contribution in [3.63, 3.8) is 0 Å². The van der Waals surface area contributed by atoms with Crippen molar-refractivity contribution in [1.82, 2.24) is 19.7 Å². The van der Waals surface area contributed by atoms with Crippen molar-refractivity contribution in [3.05, 3.63) is 58.9 Å². The van der Waals surface area contributed by atoms with E-state index in [1.54, 1.807) is 6.92 Å². The molecule has 0 aliphatic carbocycles. The van der Waals surface area contributed by atoms with Crippen LogP contribution in [-0.2, 0) is 11.3 Å². The minimum Gasteiger partial charge on any atom is -0.378 e. The van der Waals surface area contributed by atoms with Gasteiger partial charge in [0.25, 0.3) is 5.91 Å². The van der Waals surface area contributed by atoms with Gasteiger partial charge >= 0.3 is 0 Å². The van der Waals surface area contributed by atoms with Gasteiger partial charge in [-0.15, -0.1) is 0 Å². The number of anilines is 1. The lowest BCUT2D eigenvalue weighted by Crippen LogP contribution is -2.50. The molecule has 2 saturated heterocycles. The van der Waals surface area contributed by atoms with Crippen LogP contribution in [-0.4, -0.2) is 84.9 Å². The molecule has 0 radical (unpaired) electrons. The van der Waals surface area contributed by atoms with Crippen molar-refractivity contribution in [3.8, 4) is 0 Å². The molecular formula is C27H37N5O2. The van der Waals surface area contributed by atoms with Gasteiger partial charge in [-0.25, -0.2) is 0 Å². The van der Waals surface area contributed by atoms with Crippen LogP contribution < -0.4 is 4.90 Å². The average Bonchev–Trinajstić information content (AvgIpc) is 2.84. The van der Waals surface area contributed by atoms with Crippen molar-refractivity contribution in [2.24, 2.45) is 0 Å². The summed E-state index contributed by atoms with van der Waals surface area (Å²) < 4.78 is 0. The molecule has 1 aromatic carbocycles. The highest BCUT2D eigenvalue weighted by molar-refractivity contribution is 5.95. The van der Waals surface area contributed by atoms with E-state index in [2.05, 4.69) is 48.2 Å². The number of pyridine rings is 1. The molecule has 0 spiro atoms. The first-order chi connectivity index (χ1) is 16.3. The van der Waals surface area contributed by atoms with E-state index in [-0.39, 0.29) is 11.8 Å². The smallest absolute Gasteiger partial charge is 0.255 e. The molecule has 0 bridgehead atoms. The number of aryl methyl sites for hydroxylation is 1. The highest BCUT2D eigenvalue weighted by Gasteiger charge is 2.29. The van der Waals surface area contributed by atoms with Gasteiger partial charge in [0.2, 0.25) is 5.91 Å². The van der Waals surface area contributed by atoms with Crippen molar-refractivity contribution in [2.45, 2.75) is 39.2 Å². The van der Waals surface area contributed by atoms with E-state index in [9.17, 15) is 9.59 Å². The van der Waals surface area contributed by atoms with Crippen LogP contribution in [0.15, 0.2) is 36.4 Å². The number of piperazine rings is 1. The van der Waals surface area contributed by atoms with Crippen molar-refractivity contribution in [2.75, 3.05) is 58.3 Å². The summed E-state index contributed by atoms with van der Waals surface area (Å²) in [5, 5.41) is 0. The minimum absolute atomic E-state index is 0.0501. The molecule has 2 aliphatic heterocycles. The molecule has 2 fully saturated rings. The van der Waals surface area contributed by atoms with Gasteiger partial charge < -0.3 is 14.7 Å². The van der Waals surface area contributed by atoms with Crippen LogP contribution in [0.2, 0.25) is 0 Å². The fourth-order valence-electron chi connectivity index (χ4n) is 4.99. The monoisotopic (exact) mass is 463 g/mol. The summed E-state index contributed by atoms with van der Waals surface area (Å²) in [4.78, 5) is 38.2. The number of nitrogens with zero attached hydrogens (tertiary/aromatic N) is 5. The number of hydrogen-bond donors (Lipinski definition) is 0. The largest absolute Gasteiger partial charge is 0.378 e. The van der Waals surface area contributed by atoms with Crippen LogP contribution in [0.3, 0.4) is 0 Å². The summed E-state index contributed by atoms with van der Waals surface area (Å²) >= 11 is 0. The number of benzene rings is 1. The maximum absolute atomic E-state index is 13.4. The van der Waals surface area contributed by atoms with E-state index in [1.165, 1.54) is 11.3 Å². The summed E-state index contributed by atoms with van der Waals surface area (Å²) in [7, 11) is 4.12. The second-order valence-corrected chi connectivity index (χ2v) is 9.79. The molecule has 0 N–H and O–H groups in total. The third-order valence-corrected chi connectivity index (χ3v) is 7.14. The minimum atomic E-state index is 0.0501. The molecule has 0 saturated carbocycles. The fraction of sp³-hybridized carbons (Fsp3) is 0.519. The predicted molar refractivity (Wildman–Crippen MR) is 135 cm³/mol. The van der Waals surface area contributed by atoms with E-state index in [1.807, 2.05) is 28.9 Å². The highest BCUT2D eigenvalue weighted by Crippen LogP contribution is 2.31. The summed E-state index contributed by atoms with van der Waals surface area (Å²) in [6, 6.07) is 12.7. The molecule has 0 unspecified atom stereocenters. The normalized spacial score (nSPS) is 17.6. The van der Waals surface area contributed by atoms with E-state index in [0.29, 0.717) is 32.1 Å². The van der Waals surface area contributed by atoms with Gasteiger partial charge in [0, 0.05) is 71.0 Å². The SMILES string of the molecule is CC(=O)N1CCN(C(=O)c2ccc(C)nc2C2CCN(Cc3ccc(N(C)C)cc3)CC2)CC1. The van der Waals surface area contributed by atoms with Crippen LogP contribution in [0, 0.1) is 6.92 Å². The van der Waals surface area contributed by atoms with Crippen molar-refractivity contribution >= 4 is 17.5 Å². The van der Waals surface area contributed by atoms with Crippen LogP contribution >= 0.6 is 0 Å². The third kappa shape index (κ3) is 5.58. The zero-order chi connectivity index (χ0) is 24.2. The first-order valence-electron chi connectivity index (χ1n) is 12.3. The Morgan fingerprint density at radius 1 is 0.912 bits per heavy atom. The molecule has 34 heavy (non-hydrogen) atoms. The number of hydrogen-bond acceptors (Lipinski definition) is 5. The molecule has 182 valence electrons. The molecular weight excluding hydrogens is 426 g/mol. The lowest BCUT2D eigenvalue weighted by Gasteiger charge is -2.35. The Labute approximate surface area is 203 Å². The molecule has 7 heteroatoms. The summed E-state index contributed by atoms with van der Waals surface area (Å²) in [5.74, 6) is 0.420. The summed E-state index contributed by atoms with van der Waals surface area (Å²) in [6.45, 7) is 8.90. The quantitative estimate of drug-likeness (QED) is 0.682. The van der Waals surface area contributed by atoms with Crippen molar-refractivity contribution < 1.29 is 9.59 Å². The topological polar surface area (TPSA) is 60.0 Å². The molecule has 0 atom stereocenters. The second kappa shape index (κ2) is 10.6. The number of piperidine rings is 1. The van der Waals surface area contributed by atoms with Gasteiger partial charge in [-0.2, -0.15) is 0 Å². The van der Waals surface area contributed by atoms with Crippen molar-refractivity contribution in [1.29, 1.82) is 0 Å². The Hall–Kier alpha value is -2.93. The molecule has 1 aromatic heterocycles. The number of carbonyl (C=O) groups excluding carboxylic acids is 2. The standard InChI is InChI=1S/C27H37N5O2/c1-20-5-10-25(27(34)32-17-15-31(16-18-32)21(2)33)26(28-20)23-11-13-30(14-12-23)19-22-6-8-24(9-7-22)29(3)4/h5-10,23H,11-19H2,1-4H3. The third-order valence-electron chi connectivity index (χ3n) is 7.14. The number of carbonyl (C=O) groups is 2. The van der Waals surface area contributed by atoms with Gasteiger partial charge in [-0.3, -0.25) is 19.5 Å². The number of aromatic nitrogens is 1. The average molecular weight is 464 g/mol. The van der Waals surface area contributed by atoms with Gasteiger partial charge in [-0.05, 0) is 62.7 Å². The molecule has 2 aromatic rings.